The highest BCUT2D eigenvalue weighted by Gasteiger charge is 2.14. The van der Waals surface area contributed by atoms with Crippen LogP contribution in [0, 0.1) is 6.92 Å². The second kappa shape index (κ2) is 6.88. The van der Waals surface area contributed by atoms with Crippen LogP contribution in [0.1, 0.15) is 12.5 Å². The minimum Gasteiger partial charge on any atom is -0.444 e. The van der Waals surface area contributed by atoms with E-state index in [2.05, 4.69) is 5.32 Å². The highest BCUT2D eigenvalue weighted by Crippen LogP contribution is 2.16. The van der Waals surface area contributed by atoms with Gasteiger partial charge in [-0.1, -0.05) is 41.4 Å². The molecule has 0 saturated heterocycles. The molecule has 6 heteroatoms. The van der Waals surface area contributed by atoms with Crippen molar-refractivity contribution in [1.29, 1.82) is 0 Å². The molecule has 3 aromatic rings. The number of ether oxygens (including phenoxy) is 1. The summed E-state index contributed by atoms with van der Waals surface area (Å²) in [6, 6.07) is 14.9. The molecule has 0 radical (unpaired) electrons. The second-order valence-corrected chi connectivity index (χ2v) is 6.72. The zero-order valence-electron chi connectivity index (χ0n) is 13.5. The third-order valence-electron chi connectivity index (χ3n) is 3.58. The van der Waals surface area contributed by atoms with Crippen molar-refractivity contribution in [2.24, 2.45) is 0 Å². The molecule has 24 heavy (non-hydrogen) atoms. The molecule has 1 heterocycles. The van der Waals surface area contributed by atoms with Crippen LogP contribution in [0.5, 0.6) is 0 Å². The third-order valence-corrected chi connectivity index (χ3v) is 4.67. The molecule has 1 atom stereocenters. The van der Waals surface area contributed by atoms with E-state index in [4.69, 9.17) is 4.74 Å². The third kappa shape index (κ3) is 3.65. The summed E-state index contributed by atoms with van der Waals surface area (Å²) in [4.78, 5) is 24.2. The number of fused-ring (bicyclic) bond motifs is 1. The van der Waals surface area contributed by atoms with Gasteiger partial charge in [-0.15, -0.1) is 0 Å². The fourth-order valence-electron chi connectivity index (χ4n) is 2.38. The molecule has 5 nitrogen and oxygen atoms in total. The average molecular weight is 342 g/mol. The van der Waals surface area contributed by atoms with E-state index in [1.54, 1.807) is 16.9 Å². The fourth-order valence-corrected chi connectivity index (χ4v) is 3.47. The molecule has 1 unspecified atom stereocenters. The molecule has 0 fully saturated rings. The van der Waals surface area contributed by atoms with Gasteiger partial charge in [0.2, 0.25) is 0 Å². The maximum absolute atomic E-state index is 12.3. The lowest BCUT2D eigenvalue weighted by molar-refractivity contribution is 0.112. The number of amides is 1. The van der Waals surface area contributed by atoms with Gasteiger partial charge in [0, 0.05) is 5.69 Å². The molecular weight excluding hydrogens is 324 g/mol. The van der Waals surface area contributed by atoms with Crippen molar-refractivity contribution in [3.8, 4) is 0 Å². The van der Waals surface area contributed by atoms with Gasteiger partial charge in [-0.25, -0.2) is 4.79 Å². The Morgan fingerprint density at radius 3 is 2.62 bits per heavy atom. The summed E-state index contributed by atoms with van der Waals surface area (Å²) in [6.45, 7) is 4.08. The first-order chi connectivity index (χ1) is 11.5. The highest BCUT2D eigenvalue weighted by atomic mass is 32.1. The highest BCUT2D eigenvalue weighted by molar-refractivity contribution is 7.13. The summed E-state index contributed by atoms with van der Waals surface area (Å²) in [5.41, 5.74) is 1.74. The zero-order chi connectivity index (χ0) is 17.1. The lowest BCUT2D eigenvalue weighted by atomic mass is 10.2. The van der Waals surface area contributed by atoms with Crippen molar-refractivity contribution < 1.29 is 9.53 Å². The minimum absolute atomic E-state index is 0.0509. The monoisotopic (exact) mass is 342 g/mol. The summed E-state index contributed by atoms with van der Waals surface area (Å²) in [5, 5.41) is 3.38. The number of anilines is 1. The van der Waals surface area contributed by atoms with Crippen LogP contribution in [0.15, 0.2) is 53.3 Å². The van der Waals surface area contributed by atoms with Gasteiger partial charge in [0.1, 0.15) is 6.10 Å². The van der Waals surface area contributed by atoms with Crippen molar-refractivity contribution in [2.45, 2.75) is 26.5 Å². The van der Waals surface area contributed by atoms with Crippen molar-refractivity contribution in [3.05, 3.63) is 64.4 Å². The van der Waals surface area contributed by atoms with Crippen molar-refractivity contribution in [1.82, 2.24) is 3.96 Å². The van der Waals surface area contributed by atoms with Gasteiger partial charge < -0.3 is 4.74 Å². The van der Waals surface area contributed by atoms with Crippen LogP contribution in [0.25, 0.3) is 10.1 Å². The van der Waals surface area contributed by atoms with Crippen LogP contribution < -0.4 is 10.9 Å². The summed E-state index contributed by atoms with van der Waals surface area (Å²) in [7, 11) is 0. The standard InChI is InChI=1S/C18H18N2O3S/c1-12-7-9-14(10-8-12)19-18(22)23-13(2)11-20-17(21)15-5-3-4-6-16(15)24-20/h3-10,13H,11H2,1-2H3,(H,19,22). The molecule has 0 spiro atoms. The smallest absolute Gasteiger partial charge is 0.411 e. The van der Waals surface area contributed by atoms with Gasteiger partial charge >= 0.3 is 6.09 Å². The molecule has 0 aliphatic carbocycles. The van der Waals surface area contributed by atoms with E-state index < -0.39 is 12.2 Å². The van der Waals surface area contributed by atoms with Crippen molar-refractivity contribution in [3.63, 3.8) is 0 Å². The number of aromatic nitrogens is 1. The summed E-state index contributed by atoms with van der Waals surface area (Å²) < 4.78 is 7.89. The number of hydrogen-bond donors (Lipinski definition) is 1. The summed E-state index contributed by atoms with van der Waals surface area (Å²) in [6.07, 6.45) is -0.943. The van der Waals surface area contributed by atoms with Gasteiger partial charge in [0.05, 0.1) is 16.6 Å². The quantitative estimate of drug-likeness (QED) is 0.779. The number of carbonyl (C=O) groups is 1. The van der Waals surface area contributed by atoms with Gasteiger partial charge in [0.25, 0.3) is 5.56 Å². The summed E-state index contributed by atoms with van der Waals surface area (Å²) in [5.74, 6) is 0. The van der Waals surface area contributed by atoms with Gasteiger partial charge in [-0.3, -0.25) is 14.1 Å². The molecule has 124 valence electrons. The maximum atomic E-state index is 12.3. The Kier molecular flexibility index (Phi) is 4.66. The molecule has 1 aromatic heterocycles. The normalized spacial score (nSPS) is 12.1. The Hall–Kier alpha value is -2.60. The summed E-state index contributed by atoms with van der Waals surface area (Å²) >= 11 is 1.38. The predicted octanol–water partition coefficient (Wildman–Crippen LogP) is 4.01. The van der Waals surface area contributed by atoms with Crippen LogP contribution in [0.2, 0.25) is 0 Å². The molecular formula is C18H18N2O3S. The number of aryl methyl sites for hydroxylation is 1. The van der Waals surface area contributed by atoms with Crippen LogP contribution in [-0.2, 0) is 11.3 Å². The van der Waals surface area contributed by atoms with E-state index in [0.717, 1.165) is 10.3 Å². The molecule has 0 bridgehead atoms. The van der Waals surface area contributed by atoms with Gasteiger partial charge in [0.15, 0.2) is 0 Å². The fraction of sp³-hybridized carbons (Fsp3) is 0.222. The van der Waals surface area contributed by atoms with Crippen LogP contribution >= 0.6 is 11.5 Å². The Bertz CT molecular complexity index is 912. The molecule has 1 amide bonds. The number of nitrogens with one attached hydrogen (secondary N) is 1. The van der Waals surface area contributed by atoms with E-state index >= 15 is 0 Å². The van der Waals surface area contributed by atoms with E-state index in [1.165, 1.54) is 11.5 Å². The number of rotatable bonds is 4. The van der Waals surface area contributed by atoms with E-state index in [0.29, 0.717) is 17.6 Å². The maximum Gasteiger partial charge on any atom is 0.411 e. The number of hydrogen-bond acceptors (Lipinski definition) is 4. The second-order valence-electron chi connectivity index (χ2n) is 5.66. The van der Waals surface area contributed by atoms with Crippen LogP contribution in [0.4, 0.5) is 10.5 Å². The molecule has 0 aliphatic heterocycles. The Labute approximate surface area is 143 Å². The van der Waals surface area contributed by atoms with Crippen LogP contribution in [-0.4, -0.2) is 16.2 Å². The molecule has 2 aromatic carbocycles. The Morgan fingerprint density at radius 1 is 1.21 bits per heavy atom. The van der Waals surface area contributed by atoms with E-state index in [1.807, 2.05) is 49.4 Å². The van der Waals surface area contributed by atoms with E-state index in [-0.39, 0.29) is 5.56 Å². The van der Waals surface area contributed by atoms with Crippen molar-refractivity contribution in [2.75, 3.05) is 5.32 Å². The first-order valence-corrected chi connectivity index (χ1v) is 8.43. The van der Waals surface area contributed by atoms with Gasteiger partial charge in [-0.2, -0.15) is 0 Å². The lowest BCUT2D eigenvalue weighted by Crippen LogP contribution is -2.26. The topological polar surface area (TPSA) is 60.3 Å². The Morgan fingerprint density at radius 2 is 1.92 bits per heavy atom. The number of nitrogens with zero attached hydrogens (tertiary/aromatic N) is 1. The largest absolute Gasteiger partial charge is 0.444 e. The van der Waals surface area contributed by atoms with Gasteiger partial charge in [-0.05, 0) is 38.1 Å². The average Bonchev–Trinajstić information content (AvgIpc) is 2.86. The van der Waals surface area contributed by atoms with Crippen molar-refractivity contribution >= 4 is 33.4 Å². The SMILES string of the molecule is Cc1ccc(NC(=O)OC(C)Cn2sc3ccccc3c2=O)cc1. The molecule has 0 aliphatic rings. The molecule has 0 saturated carbocycles. The first kappa shape index (κ1) is 16.3. The Balaban J connectivity index is 1.63. The van der Waals surface area contributed by atoms with Crippen LogP contribution in [0.3, 0.4) is 0 Å². The predicted molar refractivity (Wildman–Crippen MR) is 96.8 cm³/mol. The van der Waals surface area contributed by atoms with E-state index in [9.17, 15) is 9.59 Å². The number of benzene rings is 2. The first-order valence-electron chi connectivity index (χ1n) is 7.66. The number of carbonyl (C=O) groups excluding carboxylic acids is 1. The minimum atomic E-state index is -0.527. The molecule has 3 rings (SSSR count). The molecule has 1 N–H and O–H groups in total. The zero-order valence-corrected chi connectivity index (χ0v) is 14.3. The lowest BCUT2D eigenvalue weighted by Gasteiger charge is -2.13.